The molecule has 0 N–H and O–H groups in total. The number of ether oxygens (including phenoxy) is 1. The number of carbonyl (C=O) groups is 2. The Bertz CT molecular complexity index is 462. The van der Waals surface area contributed by atoms with Crippen LogP contribution in [-0.4, -0.2) is 19.4 Å². The largest absolute Gasteiger partial charge is 0.465 e. The van der Waals surface area contributed by atoms with Gasteiger partial charge in [0.05, 0.1) is 18.2 Å². The number of nitrogens with zero attached hydrogens (tertiary/aromatic N) is 1. The maximum Gasteiger partial charge on any atom is 0.339 e. The molecule has 0 saturated heterocycles. The molecule has 1 rings (SSSR count). The fourth-order valence-electron chi connectivity index (χ4n) is 1.12. The SMILES string of the molecule is COC(=O)c1cc(Cl)cc(C=O)c1C#N. The van der Waals surface area contributed by atoms with Crippen LogP contribution >= 0.6 is 11.6 Å². The van der Waals surface area contributed by atoms with Crippen LogP contribution in [0, 0.1) is 11.3 Å². The van der Waals surface area contributed by atoms with E-state index < -0.39 is 5.97 Å². The van der Waals surface area contributed by atoms with Gasteiger partial charge < -0.3 is 4.74 Å². The minimum Gasteiger partial charge on any atom is -0.465 e. The molecule has 0 atom stereocenters. The van der Waals surface area contributed by atoms with Crippen LogP contribution in [0.4, 0.5) is 0 Å². The molecular weight excluding hydrogens is 218 g/mol. The Morgan fingerprint density at radius 2 is 2.27 bits per heavy atom. The second kappa shape index (κ2) is 4.58. The first-order chi connectivity index (χ1) is 7.13. The lowest BCUT2D eigenvalue weighted by molar-refractivity contribution is 0.0600. The van der Waals surface area contributed by atoms with E-state index in [0.717, 1.165) is 0 Å². The third-order valence-electron chi connectivity index (χ3n) is 1.78. The summed E-state index contributed by atoms with van der Waals surface area (Å²) in [5, 5.41) is 9.01. The number of esters is 1. The van der Waals surface area contributed by atoms with Crippen molar-refractivity contribution in [3.8, 4) is 6.07 Å². The summed E-state index contributed by atoms with van der Waals surface area (Å²) in [4.78, 5) is 21.9. The van der Waals surface area contributed by atoms with E-state index in [0.29, 0.717) is 6.29 Å². The molecule has 0 heterocycles. The molecule has 0 aromatic heterocycles. The first-order valence-corrected chi connectivity index (χ1v) is 4.29. The summed E-state index contributed by atoms with van der Waals surface area (Å²) >= 11 is 5.68. The predicted molar refractivity (Wildman–Crippen MR) is 52.9 cm³/mol. The van der Waals surface area contributed by atoms with Gasteiger partial charge in [0.1, 0.15) is 6.07 Å². The number of aldehydes is 1. The third-order valence-corrected chi connectivity index (χ3v) is 2.00. The van der Waals surface area contributed by atoms with Gasteiger partial charge in [-0.15, -0.1) is 0 Å². The van der Waals surface area contributed by atoms with E-state index in [1.807, 2.05) is 0 Å². The highest BCUT2D eigenvalue weighted by Gasteiger charge is 2.16. The quantitative estimate of drug-likeness (QED) is 0.567. The summed E-state index contributed by atoms with van der Waals surface area (Å²) in [7, 11) is 1.19. The molecule has 0 saturated carbocycles. The number of rotatable bonds is 2. The van der Waals surface area contributed by atoms with Gasteiger partial charge in [0.15, 0.2) is 6.29 Å². The molecule has 0 aliphatic carbocycles. The van der Waals surface area contributed by atoms with Crippen molar-refractivity contribution in [1.29, 1.82) is 5.26 Å². The molecule has 1 aromatic rings. The van der Waals surface area contributed by atoms with E-state index in [1.165, 1.54) is 19.2 Å². The highest BCUT2D eigenvalue weighted by atomic mass is 35.5. The number of methoxy groups -OCH3 is 1. The molecule has 4 nitrogen and oxygen atoms in total. The van der Waals surface area contributed by atoms with Crippen LogP contribution in [-0.2, 0) is 4.74 Å². The highest BCUT2D eigenvalue weighted by Crippen LogP contribution is 2.20. The number of hydrogen-bond acceptors (Lipinski definition) is 4. The third kappa shape index (κ3) is 2.14. The summed E-state index contributed by atoms with van der Waals surface area (Å²) in [6.45, 7) is 0. The summed E-state index contributed by atoms with van der Waals surface area (Å²) in [5.41, 5.74) is 0.0428. The Hall–Kier alpha value is -1.86. The normalized spacial score (nSPS) is 9.13. The van der Waals surface area contributed by atoms with E-state index in [-0.39, 0.29) is 21.7 Å². The maximum atomic E-state index is 11.3. The molecule has 76 valence electrons. The highest BCUT2D eigenvalue weighted by molar-refractivity contribution is 6.31. The zero-order chi connectivity index (χ0) is 11.4. The smallest absolute Gasteiger partial charge is 0.339 e. The molecule has 5 heteroatoms. The van der Waals surface area contributed by atoms with Gasteiger partial charge in [-0.1, -0.05) is 11.6 Å². The first kappa shape index (κ1) is 11.2. The van der Waals surface area contributed by atoms with Crippen molar-refractivity contribution in [3.05, 3.63) is 33.8 Å². The minimum atomic E-state index is -0.697. The Kier molecular flexibility index (Phi) is 3.42. The van der Waals surface area contributed by atoms with Gasteiger partial charge in [0, 0.05) is 10.6 Å². The Morgan fingerprint density at radius 3 is 2.73 bits per heavy atom. The van der Waals surface area contributed by atoms with Crippen LogP contribution in [0.25, 0.3) is 0 Å². The molecular formula is C10H6ClNO3. The van der Waals surface area contributed by atoms with Crippen molar-refractivity contribution >= 4 is 23.9 Å². The van der Waals surface area contributed by atoms with Gasteiger partial charge in [-0.2, -0.15) is 5.26 Å². The standard InChI is InChI=1S/C10H6ClNO3/c1-15-10(14)8-3-7(11)2-6(5-13)9(8)4-12/h2-3,5H,1H3. The van der Waals surface area contributed by atoms with Gasteiger partial charge in [-0.3, -0.25) is 4.79 Å². The number of hydrogen-bond donors (Lipinski definition) is 0. The van der Waals surface area contributed by atoms with Crippen molar-refractivity contribution < 1.29 is 14.3 Å². The second-order valence-electron chi connectivity index (χ2n) is 2.64. The van der Waals surface area contributed by atoms with Crippen molar-refractivity contribution in [2.75, 3.05) is 7.11 Å². The predicted octanol–water partition coefficient (Wildman–Crippen LogP) is 1.81. The first-order valence-electron chi connectivity index (χ1n) is 3.91. The van der Waals surface area contributed by atoms with Gasteiger partial charge in [-0.25, -0.2) is 4.79 Å². The summed E-state index contributed by atoms with van der Waals surface area (Å²) in [6.07, 6.45) is 0.469. The topological polar surface area (TPSA) is 67.2 Å². The van der Waals surface area contributed by atoms with Gasteiger partial charge in [0.2, 0.25) is 0 Å². The van der Waals surface area contributed by atoms with Crippen molar-refractivity contribution in [1.82, 2.24) is 0 Å². The van der Waals surface area contributed by atoms with E-state index in [2.05, 4.69) is 4.74 Å². The summed E-state index contributed by atoms with van der Waals surface area (Å²) in [6, 6.07) is 4.38. The molecule has 0 aliphatic rings. The molecule has 0 aliphatic heterocycles. The Labute approximate surface area is 91.0 Å². The lowest BCUT2D eigenvalue weighted by atomic mass is 10.0. The monoisotopic (exact) mass is 223 g/mol. The lowest BCUT2D eigenvalue weighted by Gasteiger charge is -2.04. The summed E-state index contributed by atoms with van der Waals surface area (Å²) in [5.74, 6) is -0.697. The molecule has 0 unspecified atom stereocenters. The van der Waals surface area contributed by atoms with Crippen LogP contribution < -0.4 is 0 Å². The van der Waals surface area contributed by atoms with E-state index in [4.69, 9.17) is 16.9 Å². The Balaban J connectivity index is 3.50. The minimum absolute atomic E-state index is 0.00500. The Morgan fingerprint density at radius 1 is 1.60 bits per heavy atom. The van der Waals surface area contributed by atoms with Crippen LogP contribution in [0.5, 0.6) is 0 Å². The van der Waals surface area contributed by atoms with E-state index >= 15 is 0 Å². The van der Waals surface area contributed by atoms with Crippen molar-refractivity contribution in [2.24, 2.45) is 0 Å². The average molecular weight is 224 g/mol. The van der Waals surface area contributed by atoms with Gasteiger partial charge >= 0.3 is 5.97 Å². The fraction of sp³-hybridized carbons (Fsp3) is 0.100. The van der Waals surface area contributed by atoms with Gasteiger partial charge in [-0.05, 0) is 12.1 Å². The molecule has 0 amide bonds. The average Bonchev–Trinajstić information content (AvgIpc) is 2.26. The second-order valence-corrected chi connectivity index (χ2v) is 3.08. The van der Waals surface area contributed by atoms with Crippen LogP contribution in [0.2, 0.25) is 5.02 Å². The summed E-state index contributed by atoms with van der Waals surface area (Å²) < 4.78 is 4.47. The maximum absolute atomic E-state index is 11.3. The zero-order valence-corrected chi connectivity index (χ0v) is 8.54. The van der Waals surface area contributed by atoms with E-state index in [1.54, 1.807) is 6.07 Å². The van der Waals surface area contributed by atoms with Crippen molar-refractivity contribution in [3.63, 3.8) is 0 Å². The van der Waals surface area contributed by atoms with Crippen LogP contribution in [0.1, 0.15) is 26.3 Å². The van der Waals surface area contributed by atoms with Crippen LogP contribution in [0.15, 0.2) is 12.1 Å². The molecule has 0 spiro atoms. The van der Waals surface area contributed by atoms with Crippen LogP contribution in [0.3, 0.4) is 0 Å². The zero-order valence-electron chi connectivity index (χ0n) is 7.78. The fourth-order valence-corrected chi connectivity index (χ4v) is 1.34. The molecule has 0 radical (unpaired) electrons. The lowest BCUT2D eigenvalue weighted by Crippen LogP contribution is -2.06. The molecule has 15 heavy (non-hydrogen) atoms. The van der Waals surface area contributed by atoms with E-state index in [9.17, 15) is 9.59 Å². The molecule has 1 aromatic carbocycles. The number of benzene rings is 1. The number of carbonyl (C=O) groups excluding carboxylic acids is 2. The van der Waals surface area contributed by atoms with Gasteiger partial charge in [0.25, 0.3) is 0 Å². The van der Waals surface area contributed by atoms with Crippen molar-refractivity contribution in [2.45, 2.75) is 0 Å². The number of nitriles is 1. The molecule has 0 bridgehead atoms. The molecule has 0 fully saturated rings. The number of halogens is 1.